The number of amides is 4. The van der Waals surface area contributed by atoms with Crippen molar-refractivity contribution < 1.29 is 48.2 Å². The third kappa shape index (κ3) is 9.68. The van der Waals surface area contributed by atoms with Crippen LogP contribution in [0.2, 0.25) is 0 Å². The van der Waals surface area contributed by atoms with Gasteiger partial charge in [0.05, 0.1) is 23.0 Å². The number of hydrogen-bond acceptors (Lipinski definition) is 16. The molecule has 2 aliphatic heterocycles. The Kier molecular flexibility index (Phi) is 12.4. The van der Waals surface area contributed by atoms with E-state index in [1.165, 1.54) is 43.0 Å². The fraction of sp³-hybridized carbons (Fsp3) is 0.515. The summed E-state index contributed by atoms with van der Waals surface area (Å²) in [6, 6.07) is 3.46. The topological polar surface area (TPSA) is 257 Å². The van der Waals surface area contributed by atoms with Crippen molar-refractivity contribution in [3.05, 3.63) is 50.5 Å². The lowest BCUT2D eigenvalue weighted by atomic mass is 9.79. The van der Waals surface area contributed by atoms with Gasteiger partial charge in [0.15, 0.2) is 4.34 Å². The first kappa shape index (κ1) is 41.6. The standard InChI is InChI=1S/C33H42N8O11S2/c1-15-21-20(17(3)42)25(44)40(21)22(26(45)50-14-18-10-12-19(13-11-18)41(48)49)23(15)53-30-37-28(38-54-30)35-24(43)16(2)39(31(47)52-33(7,8)9)27(34)36-29(46)51-32(4,5)6/h10-13,15-17,20-21,42H,14H2,1-9H3,(H2,34,36,46)(H,35,38,43)/t15-,16?,17-,20-,21-/m1/s1. The molecular weight excluding hydrogens is 749 g/mol. The molecule has 1 aromatic carbocycles. The first-order chi connectivity index (χ1) is 25.0. The van der Waals surface area contributed by atoms with Crippen LogP contribution >= 0.6 is 23.3 Å². The molecule has 4 amide bonds. The summed E-state index contributed by atoms with van der Waals surface area (Å²) in [5.74, 6) is -4.30. The third-order valence-electron chi connectivity index (χ3n) is 7.88. The monoisotopic (exact) mass is 790 g/mol. The lowest BCUT2D eigenvalue weighted by Gasteiger charge is -2.46. The Labute approximate surface area is 318 Å². The summed E-state index contributed by atoms with van der Waals surface area (Å²) in [5, 5.41) is 34.4. The van der Waals surface area contributed by atoms with Crippen LogP contribution < -0.4 is 10.6 Å². The summed E-state index contributed by atoms with van der Waals surface area (Å²) in [5.41, 5.74) is -1.63. The highest BCUT2D eigenvalue weighted by Gasteiger charge is 2.60. The molecule has 292 valence electrons. The molecule has 1 saturated heterocycles. The fourth-order valence-corrected chi connectivity index (χ4v) is 7.35. The molecule has 2 aromatic rings. The number of nitro groups is 1. The van der Waals surface area contributed by atoms with Crippen molar-refractivity contribution in [2.24, 2.45) is 11.8 Å². The number of nitrogens with one attached hydrogen (secondary N) is 3. The molecule has 4 rings (SSSR count). The number of esters is 1. The Morgan fingerprint density at radius 3 is 2.28 bits per heavy atom. The van der Waals surface area contributed by atoms with Gasteiger partial charge in [0.1, 0.15) is 29.5 Å². The van der Waals surface area contributed by atoms with Gasteiger partial charge in [-0.15, -0.1) is 0 Å². The van der Waals surface area contributed by atoms with Gasteiger partial charge in [-0.25, -0.2) is 19.3 Å². The van der Waals surface area contributed by atoms with Gasteiger partial charge in [-0.2, -0.15) is 9.36 Å². The zero-order valence-electron chi connectivity index (χ0n) is 31.0. The van der Waals surface area contributed by atoms with Crippen LogP contribution in [0.3, 0.4) is 0 Å². The number of aromatic nitrogens is 2. The predicted octanol–water partition coefficient (Wildman–Crippen LogP) is 4.37. The number of benzene rings is 1. The number of rotatable bonds is 10. The molecule has 0 bridgehead atoms. The van der Waals surface area contributed by atoms with Gasteiger partial charge in [0, 0.05) is 23.0 Å². The number of alkyl carbamates (subject to hydrolysis) is 1. The van der Waals surface area contributed by atoms with Crippen LogP contribution in [-0.2, 0) is 35.2 Å². The highest BCUT2D eigenvalue weighted by Crippen LogP contribution is 2.52. The van der Waals surface area contributed by atoms with E-state index in [4.69, 9.17) is 19.6 Å². The summed E-state index contributed by atoms with van der Waals surface area (Å²) in [4.78, 5) is 82.7. The Bertz CT molecular complexity index is 1870. The first-order valence-electron chi connectivity index (χ1n) is 16.6. The zero-order chi connectivity index (χ0) is 40.4. The van der Waals surface area contributed by atoms with Crippen LogP contribution in [-0.4, -0.2) is 94.5 Å². The van der Waals surface area contributed by atoms with Crippen molar-refractivity contribution in [1.82, 2.24) is 24.5 Å². The molecule has 1 aromatic heterocycles. The van der Waals surface area contributed by atoms with E-state index >= 15 is 0 Å². The van der Waals surface area contributed by atoms with E-state index in [2.05, 4.69) is 20.0 Å². The summed E-state index contributed by atoms with van der Waals surface area (Å²) in [7, 11) is 0. The molecule has 0 aliphatic carbocycles. The van der Waals surface area contributed by atoms with E-state index in [0.29, 0.717) is 15.4 Å². The van der Waals surface area contributed by atoms with Crippen LogP contribution in [0, 0.1) is 27.4 Å². The van der Waals surface area contributed by atoms with Crippen molar-refractivity contribution in [3.8, 4) is 0 Å². The molecule has 4 N–H and O–H groups in total. The molecule has 1 fully saturated rings. The Balaban J connectivity index is 1.53. The largest absolute Gasteiger partial charge is 0.456 e. The minimum Gasteiger partial charge on any atom is -0.456 e. The quantitative estimate of drug-likeness (QED) is 0.0496. The Morgan fingerprint density at radius 1 is 1.11 bits per heavy atom. The maximum Gasteiger partial charge on any atom is 0.417 e. The first-order valence-corrected chi connectivity index (χ1v) is 18.2. The number of guanidine groups is 1. The molecule has 0 radical (unpaired) electrons. The van der Waals surface area contributed by atoms with E-state index in [0.717, 1.165) is 23.3 Å². The second-order valence-corrected chi connectivity index (χ2v) is 16.5. The molecule has 54 heavy (non-hydrogen) atoms. The van der Waals surface area contributed by atoms with Gasteiger partial charge >= 0.3 is 18.2 Å². The molecule has 0 spiro atoms. The third-order valence-corrected chi connectivity index (χ3v) is 9.91. The second-order valence-electron chi connectivity index (χ2n) is 14.4. The van der Waals surface area contributed by atoms with Crippen molar-refractivity contribution in [1.29, 1.82) is 5.41 Å². The molecule has 19 nitrogen and oxygen atoms in total. The number of hydrogen-bond donors (Lipinski definition) is 4. The summed E-state index contributed by atoms with van der Waals surface area (Å²) < 4.78 is 20.5. The van der Waals surface area contributed by atoms with Crippen LogP contribution in [0.4, 0.5) is 21.2 Å². The Hall–Kier alpha value is -5.15. The lowest BCUT2D eigenvalue weighted by Crippen LogP contribution is -2.63. The number of nitro benzene ring substituents is 1. The van der Waals surface area contributed by atoms with Gasteiger partial charge in [0.25, 0.3) is 5.69 Å². The second kappa shape index (κ2) is 16.1. The SMILES string of the molecule is CC(C(=O)Nc1nsc(SC2=C(C(=O)OCc3ccc([N+](=O)[O-])cc3)N3C(=O)[C@H]([C@@H](C)O)[C@H]3[C@H]2C)n1)N(C(=N)NC(=O)OC(C)(C)C)C(=O)OC(C)(C)C. The van der Waals surface area contributed by atoms with Crippen LogP contribution in [0.15, 0.2) is 39.2 Å². The van der Waals surface area contributed by atoms with Gasteiger partial charge in [-0.3, -0.25) is 35.7 Å². The molecular formula is C33H42N8O11S2. The maximum atomic E-state index is 13.5. The van der Waals surface area contributed by atoms with E-state index in [1.807, 2.05) is 0 Å². The van der Waals surface area contributed by atoms with E-state index < -0.39 is 82.1 Å². The minimum absolute atomic E-state index is 0.0419. The van der Waals surface area contributed by atoms with Gasteiger partial charge in [0.2, 0.25) is 23.7 Å². The number of β-lactam (4-membered cyclic amide) rings is 1. The summed E-state index contributed by atoms with van der Waals surface area (Å²) in [6.45, 7) is 13.9. The lowest BCUT2D eigenvalue weighted by molar-refractivity contribution is -0.384. The number of carbonyl (C=O) groups is 5. The zero-order valence-corrected chi connectivity index (χ0v) is 32.6. The molecule has 3 heterocycles. The predicted molar refractivity (Wildman–Crippen MR) is 194 cm³/mol. The highest BCUT2D eigenvalue weighted by atomic mass is 32.2. The number of anilines is 1. The molecule has 0 saturated carbocycles. The number of aliphatic hydroxyl groups is 1. The van der Waals surface area contributed by atoms with Crippen molar-refractivity contribution in [2.75, 3.05) is 5.32 Å². The Morgan fingerprint density at radius 2 is 1.72 bits per heavy atom. The number of aliphatic hydroxyl groups excluding tert-OH is 1. The number of ether oxygens (including phenoxy) is 3. The summed E-state index contributed by atoms with van der Waals surface area (Å²) >= 11 is 1.88. The fourth-order valence-electron chi connectivity index (χ4n) is 5.52. The smallest absolute Gasteiger partial charge is 0.417 e. The molecule has 1 unspecified atom stereocenters. The van der Waals surface area contributed by atoms with Crippen LogP contribution in [0.5, 0.6) is 0 Å². The minimum atomic E-state index is -1.43. The average molecular weight is 791 g/mol. The molecule has 2 aliphatic rings. The number of fused-ring (bicyclic) bond motifs is 1. The van der Waals surface area contributed by atoms with Crippen molar-refractivity contribution in [2.45, 2.75) is 103 Å². The average Bonchev–Trinajstić information content (AvgIpc) is 3.57. The van der Waals surface area contributed by atoms with E-state index in [-0.39, 0.29) is 28.3 Å². The number of nitrogens with zero attached hydrogens (tertiary/aromatic N) is 5. The van der Waals surface area contributed by atoms with Crippen LogP contribution in [0.1, 0.15) is 67.9 Å². The number of thioether (sulfide) groups is 1. The number of carbonyl (C=O) groups excluding carboxylic acids is 5. The number of non-ortho nitro benzene ring substituents is 1. The van der Waals surface area contributed by atoms with Crippen molar-refractivity contribution >= 4 is 70.9 Å². The van der Waals surface area contributed by atoms with Gasteiger partial charge < -0.3 is 24.2 Å². The maximum absolute atomic E-state index is 13.5. The molecule has 21 heteroatoms. The van der Waals surface area contributed by atoms with Crippen LogP contribution in [0.25, 0.3) is 0 Å². The van der Waals surface area contributed by atoms with E-state index in [9.17, 15) is 39.2 Å². The normalized spacial score (nSPS) is 19.2. The summed E-state index contributed by atoms with van der Waals surface area (Å²) in [6.07, 6.45) is -3.12. The van der Waals surface area contributed by atoms with Gasteiger partial charge in [-0.1, -0.05) is 18.7 Å². The van der Waals surface area contributed by atoms with Gasteiger partial charge in [-0.05, 0) is 84.6 Å². The molecule has 5 atom stereocenters. The van der Waals surface area contributed by atoms with E-state index in [1.54, 1.807) is 48.5 Å². The highest BCUT2D eigenvalue weighted by molar-refractivity contribution is 8.04. The van der Waals surface area contributed by atoms with Crippen molar-refractivity contribution in [3.63, 3.8) is 0 Å².